The summed E-state index contributed by atoms with van der Waals surface area (Å²) in [6.45, 7) is 10.5. The molecule has 0 fully saturated rings. The first-order chi connectivity index (χ1) is 14.1. The maximum Gasteiger partial charge on any atom is 0.232 e. The van der Waals surface area contributed by atoms with Crippen LogP contribution in [0.5, 0.6) is 5.75 Å². The van der Waals surface area contributed by atoms with E-state index >= 15 is 0 Å². The zero-order valence-corrected chi connectivity index (χ0v) is 19.4. The van der Waals surface area contributed by atoms with Gasteiger partial charge in [-0.05, 0) is 35.6 Å². The predicted octanol–water partition coefficient (Wildman–Crippen LogP) is 3.51. The lowest BCUT2D eigenvalue weighted by Gasteiger charge is -2.32. The Hall–Kier alpha value is -2.56. The Bertz CT molecular complexity index is 869. The van der Waals surface area contributed by atoms with Gasteiger partial charge >= 0.3 is 0 Å². The number of hydrogen-bond donors (Lipinski definition) is 0. The van der Waals surface area contributed by atoms with Gasteiger partial charge in [0.15, 0.2) is 0 Å². The Balaban J connectivity index is 2.47. The first kappa shape index (κ1) is 23.7. The smallest absolute Gasteiger partial charge is 0.232 e. The quantitative estimate of drug-likeness (QED) is 0.497. The molecule has 5 heteroatoms. The summed E-state index contributed by atoms with van der Waals surface area (Å²) in [6, 6.07) is 14.0. The molecular weight excluding hydrogens is 373 g/mol. The molecule has 0 saturated carbocycles. The molecule has 0 N–H and O–H groups in total. The number of ether oxygens (including phenoxy) is 1. The van der Waals surface area contributed by atoms with Gasteiger partial charge in [-0.2, -0.15) is 0 Å². The third kappa shape index (κ3) is 5.98. The Morgan fingerprint density at radius 2 is 1.77 bits per heavy atom. The van der Waals surface area contributed by atoms with Crippen molar-refractivity contribution in [2.24, 2.45) is 11.3 Å². The van der Waals surface area contributed by atoms with Gasteiger partial charge in [-0.15, -0.1) is 0 Å². The summed E-state index contributed by atoms with van der Waals surface area (Å²) < 4.78 is 5.59. The summed E-state index contributed by atoms with van der Waals surface area (Å²) in [5.41, 5.74) is 3.39. The van der Waals surface area contributed by atoms with Crippen molar-refractivity contribution in [3.63, 3.8) is 0 Å². The van der Waals surface area contributed by atoms with Gasteiger partial charge in [0.1, 0.15) is 19.9 Å². The van der Waals surface area contributed by atoms with E-state index in [4.69, 9.17) is 4.74 Å². The molecule has 30 heavy (non-hydrogen) atoms. The molecule has 1 atom stereocenters. The van der Waals surface area contributed by atoms with E-state index in [9.17, 15) is 9.59 Å². The van der Waals surface area contributed by atoms with Gasteiger partial charge in [0.25, 0.3) is 0 Å². The minimum absolute atomic E-state index is 0.0350. The molecule has 1 amide bonds. The second-order valence-corrected chi connectivity index (χ2v) is 9.42. The van der Waals surface area contributed by atoms with Crippen LogP contribution in [0.2, 0.25) is 0 Å². The van der Waals surface area contributed by atoms with Gasteiger partial charge in [-0.1, -0.05) is 70.4 Å². The Morgan fingerprint density at radius 1 is 1.13 bits per heavy atom. The van der Waals surface area contributed by atoms with Crippen LogP contribution in [0.3, 0.4) is 0 Å². The molecule has 0 aliphatic rings. The second-order valence-electron chi connectivity index (χ2n) is 9.42. The Kier molecular flexibility index (Phi) is 7.88. The fourth-order valence-corrected chi connectivity index (χ4v) is 3.43. The van der Waals surface area contributed by atoms with Crippen molar-refractivity contribution in [2.45, 2.75) is 47.0 Å². The molecule has 0 aliphatic carbocycles. The number of hydrogen-bond acceptors (Lipinski definition) is 3. The van der Waals surface area contributed by atoms with Crippen LogP contribution in [-0.2, 0) is 16.0 Å². The van der Waals surface area contributed by atoms with Gasteiger partial charge in [-0.25, -0.2) is 0 Å². The maximum atomic E-state index is 13.2. The number of aldehydes is 1. The molecule has 2 aromatic carbocycles. The number of methoxy groups -OCH3 is 1. The fraction of sp³-hybridized carbons (Fsp3) is 0.440. The fourth-order valence-electron chi connectivity index (χ4n) is 3.43. The molecule has 0 radical (unpaired) electrons. The number of anilines is 1. The molecule has 0 aliphatic heterocycles. The van der Waals surface area contributed by atoms with E-state index < -0.39 is 5.41 Å². The lowest BCUT2D eigenvalue weighted by atomic mass is 9.89. The number of nitrogens with zero attached hydrogens (tertiary/aromatic N) is 1. The van der Waals surface area contributed by atoms with Crippen molar-refractivity contribution in [2.75, 3.05) is 18.6 Å². The van der Waals surface area contributed by atoms with E-state index in [2.05, 4.69) is 38.1 Å². The molecule has 0 aromatic heterocycles. The molecule has 2 rings (SSSR count). The average Bonchev–Trinajstić information content (AvgIpc) is 2.69. The van der Waals surface area contributed by atoms with Gasteiger partial charge in [0.05, 0.1) is 12.8 Å². The lowest BCUT2D eigenvalue weighted by Crippen LogP contribution is -2.42. The highest BCUT2D eigenvalue weighted by atomic mass is 16.5. The number of rotatable bonds is 8. The summed E-state index contributed by atoms with van der Waals surface area (Å²) >= 11 is 0. The highest BCUT2D eigenvalue weighted by Crippen LogP contribution is 2.35. The van der Waals surface area contributed by atoms with Crippen molar-refractivity contribution in [3.05, 3.63) is 53.6 Å². The molecule has 2 aromatic rings. The summed E-state index contributed by atoms with van der Waals surface area (Å²) in [5, 5.41) is 0. The SMILES string of the molecule is Bc1ccc(CC(C=O)c2ccc(OC)c(N(CC(C)C)C(=O)C(C)(C)C)c2)cc1. The van der Waals surface area contributed by atoms with Crippen LogP contribution in [0.4, 0.5) is 5.69 Å². The minimum atomic E-state index is -0.526. The van der Waals surface area contributed by atoms with Crippen LogP contribution < -0.4 is 15.1 Å². The van der Waals surface area contributed by atoms with Crippen LogP contribution in [0.1, 0.15) is 51.7 Å². The van der Waals surface area contributed by atoms with E-state index in [-0.39, 0.29) is 11.8 Å². The lowest BCUT2D eigenvalue weighted by molar-refractivity contribution is -0.125. The summed E-state index contributed by atoms with van der Waals surface area (Å²) in [7, 11) is 3.66. The first-order valence-corrected chi connectivity index (χ1v) is 10.6. The highest BCUT2D eigenvalue weighted by Gasteiger charge is 2.31. The second kappa shape index (κ2) is 9.97. The molecule has 0 saturated heterocycles. The average molecular weight is 407 g/mol. The van der Waals surface area contributed by atoms with Crippen molar-refractivity contribution in [3.8, 4) is 5.75 Å². The van der Waals surface area contributed by atoms with Crippen molar-refractivity contribution in [1.29, 1.82) is 0 Å². The van der Waals surface area contributed by atoms with Gasteiger partial charge < -0.3 is 14.4 Å². The van der Waals surface area contributed by atoms with Gasteiger partial charge in [-0.3, -0.25) is 4.79 Å². The monoisotopic (exact) mass is 407 g/mol. The zero-order valence-electron chi connectivity index (χ0n) is 19.4. The molecule has 0 spiro atoms. The van der Waals surface area contributed by atoms with Crippen LogP contribution in [0, 0.1) is 11.3 Å². The number of amides is 1. The highest BCUT2D eigenvalue weighted by molar-refractivity contribution is 6.32. The van der Waals surface area contributed by atoms with Gasteiger partial charge in [0, 0.05) is 17.9 Å². The molecule has 0 bridgehead atoms. The van der Waals surface area contributed by atoms with Crippen molar-refractivity contribution >= 4 is 31.2 Å². The molecular formula is C25H34BNO3. The van der Waals surface area contributed by atoms with Crippen LogP contribution >= 0.6 is 0 Å². The van der Waals surface area contributed by atoms with E-state index in [1.54, 1.807) is 12.0 Å². The maximum absolute atomic E-state index is 13.2. The Morgan fingerprint density at radius 3 is 2.27 bits per heavy atom. The standard InChI is InChI=1S/C25H34BNO3/c1-17(2)15-27(24(29)25(3,4)5)22-14-19(9-12-23(22)30-6)20(16-28)13-18-7-10-21(26)11-8-18/h7-12,14,16-17,20H,13,15,26H2,1-6H3. The van der Waals surface area contributed by atoms with E-state index in [1.807, 2.05) is 46.8 Å². The summed E-state index contributed by atoms with van der Waals surface area (Å²) in [5.74, 6) is 0.673. The number of benzene rings is 2. The van der Waals surface area contributed by atoms with Crippen LogP contribution in [0.15, 0.2) is 42.5 Å². The molecule has 1 unspecified atom stereocenters. The third-order valence-corrected chi connectivity index (χ3v) is 5.10. The summed E-state index contributed by atoms with van der Waals surface area (Å²) in [4.78, 5) is 27.0. The van der Waals surface area contributed by atoms with E-state index in [0.717, 1.165) is 23.1 Å². The topological polar surface area (TPSA) is 46.6 Å². The van der Waals surface area contributed by atoms with Crippen LogP contribution in [0.25, 0.3) is 0 Å². The van der Waals surface area contributed by atoms with E-state index in [0.29, 0.717) is 24.6 Å². The van der Waals surface area contributed by atoms with Crippen LogP contribution in [-0.4, -0.2) is 33.7 Å². The molecule has 160 valence electrons. The molecule has 4 nitrogen and oxygen atoms in total. The number of carbonyl (C=O) groups excluding carboxylic acids is 2. The number of carbonyl (C=O) groups is 2. The minimum Gasteiger partial charge on any atom is -0.495 e. The predicted molar refractivity (Wildman–Crippen MR) is 127 cm³/mol. The van der Waals surface area contributed by atoms with Crippen molar-refractivity contribution < 1.29 is 14.3 Å². The first-order valence-electron chi connectivity index (χ1n) is 10.6. The van der Waals surface area contributed by atoms with Gasteiger partial charge in [0.2, 0.25) is 5.91 Å². The Labute approximate surface area is 182 Å². The third-order valence-electron chi connectivity index (χ3n) is 5.10. The molecule has 0 heterocycles. The van der Waals surface area contributed by atoms with E-state index in [1.165, 1.54) is 5.46 Å². The summed E-state index contributed by atoms with van der Waals surface area (Å²) in [6.07, 6.45) is 1.61. The van der Waals surface area contributed by atoms with Crippen molar-refractivity contribution in [1.82, 2.24) is 0 Å². The zero-order chi connectivity index (χ0) is 22.5. The largest absolute Gasteiger partial charge is 0.495 e. The normalized spacial score (nSPS) is 12.5.